The molecule has 1 aromatic carbocycles. The van der Waals surface area contributed by atoms with E-state index in [0.717, 1.165) is 6.21 Å². The minimum Gasteiger partial charge on any atom is -0.480 e. The van der Waals surface area contributed by atoms with Gasteiger partial charge in [0.25, 0.3) is 0 Å². The van der Waals surface area contributed by atoms with Crippen molar-refractivity contribution in [1.29, 1.82) is 0 Å². The van der Waals surface area contributed by atoms with Crippen LogP contribution in [0.15, 0.2) is 23.2 Å². The number of H-pyrrole nitrogens is 1. The largest absolute Gasteiger partial charge is 0.480 e. The number of hydrogen-bond acceptors (Lipinski definition) is 5. The van der Waals surface area contributed by atoms with Gasteiger partial charge in [-0.05, 0) is 18.2 Å². The molecule has 8 heteroatoms. The van der Waals surface area contributed by atoms with Crippen molar-refractivity contribution in [3.8, 4) is 0 Å². The van der Waals surface area contributed by atoms with E-state index in [9.17, 15) is 9.59 Å². The van der Waals surface area contributed by atoms with Crippen LogP contribution in [-0.2, 0) is 9.59 Å². The maximum atomic E-state index is 10.6. The number of aromatic nitrogens is 3. The zero-order valence-electron chi connectivity index (χ0n) is 8.94. The third kappa shape index (κ3) is 2.32. The number of benzene rings is 1. The summed E-state index contributed by atoms with van der Waals surface area (Å²) in [5, 5.41) is 27.4. The Bertz CT molecular complexity index is 620. The molecule has 1 heterocycles. The van der Waals surface area contributed by atoms with Crippen LogP contribution in [0.5, 0.6) is 0 Å². The van der Waals surface area contributed by atoms with E-state index in [1.165, 1.54) is 0 Å². The minimum atomic E-state index is -1.67. The summed E-state index contributed by atoms with van der Waals surface area (Å²) in [6, 6.07) is 4.79. The van der Waals surface area contributed by atoms with Crippen LogP contribution in [0.4, 0.5) is 5.69 Å². The van der Waals surface area contributed by atoms with Gasteiger partial charge in [0, 0.05) is 6.21 Å². The van der Waals surface area contributed by atoms with Crippen LogP contribution >= 0.6 is 0 Å². The van der Waals surface area contributed by atoms with Gasteiger partial charge in [-0.1, -0.05) is 0 Å². The van der Waals surface area contributed by atoms with Crippen molar-refractivity contribution >= 4 is 34.9 Å². The molecule has 2 aromatic rings. The lowest BCUT2D eigenvalue weighted by Crippen LogP contribution is -2.24. The molecular formula is C10H8N4O4. The number of carboxylic acids is 2. The van der Waals surface area contributed by atoms with Gasteiger partial charge in [0.15, 0.2) is 5.92 Å². The van der Waals surface area contributed by atoms with Crippen molar-refractivity contribution in [2.24, 2.45) is 10.9 Å². The van der Waals surface area contributed by atoms with Crippen LogP contribution in [0.1, 0.15) is 0 Å². The Kier molecular flexibility index (Phi) is 3.00. The topological polar surface area (TPSA) is 129 Å². The molecule has 1 aromatic heterocycles. The van der Waals surface area contributed by atoms with Gasteiger partial charge in [0.05, 0.1) is 5.69 Å². The number of aromatic amines is 1. The molecule has 3 N–H and O–H groups in total. The molecule has 0 amide bonds. The molecule has 0 aliphatic heterocycles. The van der Waals surface area contributed by atoms with E-state index in [0.29, 0.717) is 16.7 Å². The molecule has 0 bridgehead atoms. The number of rotatable bonds is 4. The number of nitrogens with zero attached hydrogens (tertiary/aromatic N) is 3. The van der Waals surface area contributed by atoms with Crippen molar-refractivity contribution in [3.05, 3.63) is 18.2 Å². The van der Waals surface area contributed by atoms with Crippen LogP contribution in [0.2, 0.25) is 0 Å². The van der Waals surface area contributed by atoms with E-state index in [1.807, 2.05) is 0 Å². The number of carboxylic acid groups (broad SMARTS) is 2. The van der Waals surface area contributed by atoms with Crippen molar-refractivity contribution in [2.45, 2.75) is 0 Å². The Balaban J connectivity index is 2.26. The first kappa shape index (κ1) is 11.7. The fraction of sp³-hybridized carbons (Fsp3) is 0.100. The zero-order chi connectivity index (χ0) is 13.1. The predicted molar refractivity (Wildman–Crippen MR) is 60.8 cm³/mol. The molecule has 0 aliphatic carbocycles. The Morgan fingerprint density at radius 1 is 1.22 bits per heavy atom. The highest BCUT2D eigenvalue weighted by molar-refractivity contribution is 6.08. The van der Waals surface area contributed by atoms with Crippen LogP contribution < -0.4 is 0 Å². The molecule has 0 saturated heterocycles. The molecule has 92 valence electrons. The van der Waals surface area contributed by atoms with E-state index in [4.69, 9.17) is 10.2 Å². The van der Waals surface area contributed by atoms with Crippen LogP contribution in [0.25, 0.3) is 11.0 Å². The summed E-state index contributed by atoms with van der Waals surface area (Å²) < 4.78 is 0. The molecule has 8 nitrogen and oxygen atoms in total. The molecule has 0 spiro atoms. The van der Waals surface area contributed by atoms with Gasteiger partial charge in [-0.2, -0.15) is 15.4 Å². The lowest BCUT2D eigenvalue weighted by atomic mass is 10.2. The first-order valence-electron chi connectivity index (χ1n) is 4.88. The lowest BCUT2D eigenvalue weighted by Gasteiger charge is -1.99. The quantitative estimate of drug-likeness (QED) is 0.532. The molecule has 0 fully saturated rings. The number of aliphatic carboxylic acids is 2. The van der Waals surface area contributed by atoms with E-state index in [2.05, 4.69) is 20.4 Å². The van der Waals surface area contributed by atoms with E-state index in [-0.39, 0.29) is 0 Å². The fourth-order valence-electron chi connectivity index (χ4n) is 1.30. The maximum Gasteiger partial charge on any atom is 0.323 e. The van der Waals surface area contributed by atoms with E-state index < -0.39 is 17.9 Å². The summed E-state index contributed by atoms with van der Waals surface area (Å²) in [5.74, 6) is -4.60. The second kappa shape index (κ2) is 4.62. The first-order valence-corrected chi connectivity index (χ1v) is 4.88. The third-order valence-electron chi connectivity index (χ3n) is 2.20. The van der Waals surface area contributed by atoms with Crippen LogP contribution in [-0.4, -0.2) is 43.8 Å². The molecule has 0 radical (unpaired) electrons. The highest BCUT2D eigenvalue weighted by Crippen LogP contribution is 2.17. The number of carbonyl (C=O) groups is 2. The predicted octanol–water partition coefficient (Wildman–Crippen LogP) is 0.446. The first-order chi connectivity index (χ1) is 8.58. The molecule has 18 heavy (non-hydrogen) atoms. The number of nitrogens with one attached hydrogen (secondary N) is 1. The molecule has 0 saturated carbocycles. The van der Waals surface area contributed by atoms with Gasteiger partial charge in [-0.25, -0.2) is 0 Å². The van der Waals surface area contributed by atoms with Gasteiger partial charge in [-0.15, -0.1) is 0 Å². The Labute approximate surface area is 100.0 Å². The van der Waals surface area contributed by atoms with E-state index >= 15 is 0 Å². The number of aliphatic imine (C=N–C) groups is 1. The van der Waals surface area contributed by atoms with Gasteiger partial charge < -0.3 is 10.2 Å². The molecule has 0 unspecified atom stereocenters. The summed E-state index contributed by atoms with van der Waals surface area (Å²) in [6.45, 7) is 0. The second-order valence-corrected chi connectivity index (χ2v) is 3.43. The number of hydrogen-bond donors (Lipinski definition) is 3. The second-order valence-electron chi connectivity index (χ2n) is 3.43. The van der Waals surface area contributed by atoms with Crippen LogP contribution in [0.3, 0.4) is 0 Å². The molecule has 2 rings (SSSR count). The van der Waals surface area contributed by atoms with E-state index in [1.54, 1.807) is 18.2 Å². The SMILES string of the molecule is O=C(O)C(C=Nc1ccc2n[nH]nc2c1)C(=O)O. The van der Waals surface area contributed by atoms with Crippen molar-refractivity contribution in [1.82, 2.24) is 15.4 Å². The van der Waals surface area contributed by atoms with Crippen molar-refractivity contribution < 1.29 is 19.8 Å². The Morgan fingerprint density at radius 3 is 2.56 bits per heavy atom. The third-order valence-corrected chi connectivity index (χ3v) is 2.20. The Morgan fingerprint density at radius 2 is 1.89 bits per heavy atom. The van der Waals surface area contributed by atoms with Crippen molar-refractivity contribution in [3.63, 3.8) is 0 Å². The summed E-state index contributed by atoms with van der Waals surface area (Å²) >= 11 is 0. The minimum absolute atomic E-state index is 0.406. The zero-order valence-corrected chi connectivity index (χ0v) is 8.94. The van der Waals surface area contributed by atoms with Gasteiger partial charge in [-0.3, -0.25) is 14.6 Å². The lowest BCUT2D eigenvalue weighted by molar-refractivity contribution is -0.150. The standard InChI is InChI=1S/C10H8N4O4/c15-9(16)6(10(17)18)4-11-5-1-2-7-8(3-5)13-14-12-7/h1-4,6H,(H,15,16)(H,17,18)(H,12,13,14). The summed E-state index contributed by atoms with van der Waals surface area (Å²) in [7, 11) is 0. The monoisotopic (exact) mass is 248 g/mol. The van der Waals surface area contributed by atoms with Gasteiger partial charge in [0.1, 0.15) is 11.0 Å². The van der Waals surface area contributed by atoms with Crippen LogP contribution in [0, 0.1) is 5.92 Å². The molecule has 0 aliphatic rings. The fourth-order valence-corrected chi connectivity index (χ4v) is 1.30. The van der Waals surface area contributed by atoms with Gasteiger partial charge >= 0.3 is 11.9 Å². The normalized spacial score (nSPS) is 11.4. The summed E-state index contributed by atoms with van der Waals surface area (Å²) in [4.78, 5) is 25.1. The number of fused-ring (bicyclic) bond motifs is 1. The molecule has 0 atom stereocenters. The smallest absolute Gasteiger partial charge is 0.323 e. The average molecular weight is 248 g/mol. The molecular weight excluding hydrogens is 240 g/mol. The maximum absolute atomic E-state index is 10.6. The summed E-state index contributed by atoms with van der Waals surface area (Å²) in [5.41, 5.74) is 1.61. The summed E-state index contributed by atoms with van der Waals surface area (Å²) in [6.07, 6.45) is 0.867. The highest BCUT2D eigenvalue weighted by atomic mass is 16.4. The highest BCUT2D eigenvalue weighted by Gasteiger charge is 2.23. The van der Waals surface area contributed by atoms with Gasteiger partial charge in [0.2, 0.25) is 0 Å². The Hall–Kier alpha value is -2.77. The van der Waals surface area contributed by atoms with Crippen molar-refractivity contribution in [2.75, 3.05) is 0 Å². The average Bonchev–Trinajstić information content (AvgIpc) is 2.75.